The lowest BCUT2D eigenvalue weighted by Crippen LogP contribution is -2.17. The summed E-state index contributed by atoms with van der Waals surface area (Å²) in [6.07, 6.45) is 4.67. The second-order valence-electron chi connectivity index (χ2n) is 14.6. The van der Waals surface area contributed by atoms with Crippen molar-refractivity contribution in [3.05, 3.63) is 83.7 Å². The third kappa shape index (κ3) is 6.08. The van der Waals surface area contributed by atoms with Gasteiger partial charge in [-0.05, 0) is 90.6 Å². The standard InChI is InChI=1S/C38H46N4O/c1-23(2)17-25-18-26(31-13-11-12-15-39-31)20-27(19-25)33-34-32(14-16-40-33)42(24(3)4)36(41-34)29-21-28(37(5,6)7)22-30(35(29)43)38(8,9)10/h11-16,18-24,43H,17H2,1-10H3. The van der Waals surface area contributed by atoms with Gasteiger partial charge >= 0.3 is 0 Å². The summed E-state index contributed by atoms with van der Waals surface area (Å²) in [7, 11) is 0. The van der Waals surface area contributed by atoms with Crippen molar-refractivity contribution >= 4 is 11.0 Å². The summed E-state index contributed by atoms with van der Waals surface area (Å²) in [6, 6.07) is 19.1. The molecule has 2 aromatic carbocycles. The fraction of sp³-hybridized carbons (Fsp3) is 0.395. The van der Waals surface area contributed by atoms with Gasteiger partial charge in [0.2, 0.25) is 0 Å². The highest BCUT2D eigenvalue weighted by Gasteiger charge is 2.28. The monoisotopic (exact) mass is 574 g/mol. The number of aromatic hydroxyl groups is 1. The van der Waals surface area contributed by atoms with Crippen LogP contribution in [0.25, 0.3) is 44.9 Å². The van der Waals surface area contributed by atoms with Gasteiger partial charge < -0.3 is 9.67 Å². The van der Waals surface area contributed by atoms with Gasteiger partial charge in [0.1, 0.15) is 17.1 Å². The third-order valence-electron chi connectivity index (χ3n) is 8.02. The van der Waals surface area contributed by atoms with Gasteiger partial charge in [-0.15, -0.1) is 0 Å². The summed E-state index contributed by atoms with van der Waals surface area (Å²) in [5.74, 6) is 1.57. The van der Waals surface area contributed by atoms with Crippen molar-refractivity contribution < 1.29 is 5.11 Å². The molecule has 1 N–H and O–H groups in total. The molecule has 0 fully saturated rings. The molecule has 0 aliphatic rings. The molecule has 0 bridgehead atoms. The van der Waals surface area contributed by atoms with Crippen molar-refractivity contribution in [3.8, 4) is 39.7 Å². The number of benzene rings is 2. The summed E-state index contributed by atoms with van der Waals surface area (Å²) < 4.78 is 2.24. The van der Waals surface area contributed by atoms with Crippen molar-refractivity contribution in [2.75, 3.05) is 0 Å². The highest BCUT2D eigenvalue weighted by Crippen LogP contribution is 2.44. The molecule has 5 rings (SSSR count). The molecule has 0 atom stereocenters. The van der Waals surface area contributed by atoms with Gasteiger partial charge in [-0.3, -0.25) is 9.97 Å². The van der Waals surface area contributed by atoms with E-state index in [2.05, 4.69) is 115 Å². The summed E-state index contributed by atoms with van der Waals surface area (Å²) in [5, 5.41) is 11.8. The predicted octanol–water partition coefficient (Wildman–Crippen LogP) is 9.91. The first-order valence-electron chi connectivity index (χ1n) is 15.5. The fourth-order valence-electron chi connectivity index (χ4n) is 5.86. The van der Waals surface area contributed by atoms with Crippen LogP contribution in [0.4, 0.5) is 0 Å². The van der Waals surface area contributed by atoms with Crippen LogP contribution in [0.5, 0.6) is 5.75 Å². The van der Waals surface area contributed by atoms with Crippen molar-refractivity contribution in [1.29, 1.82) is 0 Å². The highest BCUT2D eigenvalue weighted by atomic mass is 16.3. The Morgan fingerprint density at radius 3 is 2.12 bits per heavy atom. The van der Waals surface area contributed by atoms with Crippen molar-refractivity contribution in [1.82, 2.24) is 19.5 Å². The second-order valence-corrected chi connectivity index (χ2v) is 14.6. The largest absolute Gasteiger partial charge is 0.507 e. The molecule has 5 aromatic rings. The first kappa shape index (κ1) is 30.5. The van der Waals surface area contributed by atoms with E-state index in [-0.39, 0.29) is 16.9 Å². The van der Waals surface area contributed by atoms with Gasteiger partial charge in [0.25, 0.3) is 0 Å². The van der Waals surface area contributed by atoms with Crippen LogP contribution in [-0.4, -0.2) is 24.6 Å². The molecule has 0 radical (unpaired) electrons. The van der Waals surface area contributed by atoms with E-state index in [0.717, 1.165) is 56.9 Å². The molecule has 3 aromatic heterocycles. The SMILES string of the molecule is CC(C)Cc1cc(-c2ccccn2)cc(-c2nccc3c2nc(-c2cc(C(C)(C)C)cc(C(C)(C)C)c2O)n3C(C)C)c1. The van der Waals surface area contributed by atoms with Crippen molar-refractivity contribution in [2.24, 2.45) is 5.92 Å². The number of phenols is 1. The zero-order chi connectivity index (χ0) is 31.3. The second kappa shape index (κ2) is 11.3. The topological polar surface area (TPSA) is 63.8 Å². The van der Waals surface area contributed by atoms with Crippen LogP contribution >= 0.6 is 0 Å². The van der Waals surface area contributed by atoms with E-state index in [1.807, 2.05) is 30.6 Å². The lowest BCUT2D eigenvalue weighted by molar-refractivity contribution is 0.445. The van der Waals surface area contributed by atoms with Gasteiger partial charge in [-0.1, -0.05) is 67.5 Å². The molecular formula is C38H46N4O. The molecule has 0 aliphatic carbocycles. The maximum atomic E-state index is 11.8. The number of imidazole rings is 1. The predicted molar refractivity (Wildman–Crippen MR) is 180 cm³/mol. The number of phenolic OH excluding ortho intramolecular Hbond substituents is 1. The quantitative estimate of drug-likeness (QED) is 0.219. The van der Waals surface area contributed by atoms with Gasteiger partial charge in [0.05, 0.1) is 22.5 Å². The maximum absolute atomic E-state index is 11.8. The smallest absolute Gasteiger partial charge is 0.145 e. The Bertz CT molecular complexity index is 1770. The third-order valence-corrected chi connectivity index (χ3v) is 8.02. The molecule has 5 heteroatoms. The van der Waals surface area contributed by atoms with Crippen LogP contribution in [0.1, 0.15) is 92.0 Å². The van der Waals surface area contributed by atoms with Crippen molar-refractivity contribution in [3.63, 3.8) is 0 Å². The summed E-state index contributed by atoms with van der Waals surface area (Å²) in [4.78, 5) is 14.9. The van der Waals surface area contributed by atoms with Crippen LogP contribution in [0.3, 0.4) is 0 Å². The van der Waals surface area contributed by atoms with Crippen LogP contribution < -0.4 is 0 Å². The number of hydrogen-bond acceptors (Lipinski definition) is 4. The first-order chi connectivity index (χ1) is 20.1. The summed E-state index contributed by atoms with van der Waals surface area (Å²) in [6.45, 7) is 21.9. The zero-order valence-electron chi connectivity index (χ0n) is 27.4. The Labute approximate surface area is 257 Å². The molecule has 0 aliphatic heterocycles. The molecule has 43 heavy (non-hydrogen) atoms. The molecular weight excluding hydrogens is 528 g/mol. The average molecular weight is 575 g/mol. The minimum absolute atomic E-state index is 0.0947. The highest BCUT2D eigenvalue weighted by molar-refractivity contribution is 5.93. The molecule has 224 valence electrons. The number of hydrogen-bond donors (Lipinski definition) is 1. The fourth-order valence-corrected chi connectivity index (χ4v) is 5.86. The maximum Gasteiger partial charge on any atom is 0.145 e. The van der Waals surface area contributed by atoms with Crippen LogP contribution in [-0.2, 0) is 17.3 Å². The Hall–Kier alpha value is -3.99. The van der Waals surface area contributed by atoms with Crippen molar-refractivity contribution in [2.45, 2.75) is 92.5 Å². The number of aromatic nitrogens is 4. The lowest BCUT2D eigenvalue weighted by Gasteiger charge is -2.27. The molecule has 0 saturated heterocycles. The van der Waals surface area contributed by atoms with Crippen LogP contribution in [0.2, 0.25) is 0 Å². The Morgan fingerprint density at radius 1 is 0.791 bits per heavy atom. The molecule has 3 heterocycles. The Kier molecular flexibility index (Phi) is 7.98. The van der Waals surface area contributed by atoms with E-state index in [9.17, 15) is 5.11 Å². The number of nitrogens with zero attached hydrogens (tertiary/aromatic N) is 4. The van der Waals surface area contributed by atoms with E-state index in [1.165, 1.54) is 11.1 Å². The van der Waals surface area contributed by atoms with Crippen LogP contribution in [0, 0.1) is 5.92 Å². The zero-order valence-corrected chi connectivity index (χ0v) is 27.4. The number of rotatable bonds is 6. The van der Waals surface area contributed by atoms with E-state index in [0.29, 0.717) is 11.7 Å². The van der Waals surface area contributed by atoms with Crippen LogP contribution in [0.15, 0.2) is 67.0 Å². The van der Waals surface area contributed by atoms with Gasteiger partial charge in [0, 0.05) is 35.1 Å². The molecule has 0 unspecified atom stereocenters. The average Bonchev–Trinajstić information content (AvgIpc) is 3.31. The molecule has 5 nitrogen and oxygen atoms in total. The van der Waals surface area contributed by atoms with Gasteiger partial charge in [-0.2, -0.15) is 0 Å². The van der Waals surface area contributed by atoms with Gasteiger partial charge in [-0.25, -0.2) is 4.98 Å². The lowest BCUT2D eigenvalue weighted by atomic mass is 9.79. The normalized spacial score (nSPS) is 12.6. The van der Waals surface area contributed by atoms with E-state index in [4.69, 9.17) is 9.97 Å². The molecule has 0 saturated carbocycles. The first-order valence-corrected chi connectivity index (χ1v) is 15.5. The van der Waals surface area contributed by atoms with Gasteiger partial charge in [0.15, 0.2) is 0 Å². The van der Waals surface area contributed by atoms with E-state index < -0.39 is 0 Å². The Morgan fingerprint density at radius 2 is 1.51 bits per heavy atom. The van der Waals surface area contributed by atoms with E-state index in [1.54, 1.807) is 0 Å². The van der Waals surface area contributed by atoms with E-state index >= 15 is 0 Å². The molecule has 0 spiro atoms. The minimum atomic E-state index is -0.236. The number of pyridine rings is 2. The number of fused-ring (bicyclic) bond motifs is 1. The summed E-state index contributed by atoms with van der Waals surface area (Å²) in [5.41, 5.74) is 9.48. The summed E-state index contributed by atoms with van der Waals surface area (Å²) >= 11 is 0. The minimum Gasteiger partial charge on any atom is -0.507 e. The Balaban J connectivity index is 1.81. The molecule has 0 amide bonds.